The molecule has 1 fully saturated rings. The van der Waals surface area contributed by atoms with E-state index in [9.17, 15) is 0 Å². The van der Waals surface area contributed by atoms with Crippen LogP contribution in [0, 0.1) is 0 Å². The Balaban J connectivity index is 0.00000312. The van der Waals surface area contributed by atoms with Gasteiger partial charge in [-0.25, -0.2) is 0 Å². The predicted molar refractivity (Wildman–Crippen MR) is 104 cm³/mol. The lowest BCUT2D eigenvalue weighted by Crippen LogP contribution is -2.37. The summed E-state index contributed by atoms with van der Waals surface area (Å²) in [5.74, 6) is 1.69. The van der Waals surface area contributed by atoms with E-state index in [0.29, 0.717) is 6.61 Å². The van der Waals surface area contributed by atoms with Gasteiger partial charge in [0.05, 0.1) is 26.4 Å². The number of morpholine rings is 1. The van der Waals surface area contributed by atoms with Gasteiger partial charge in [0.1, 0.15) is 0 Å². The van der Waals surface area contributed by atoms with E-state index in [2.05, 4.69) is 29.3 Å². The molecule has 2 rings (SSSR count). The maximum absolute atomic E-state index is 5.74. The molecule has 0 aromatic heterocycles. The van der Waals surface area contributed by atoms with Crippen molar-refractivity contribution < 1.29 is 14.2 Å². The third kappa shape index (κ3) is 8.27. The highest BCUT2D eigenvalue weighted by Crippen LogP contribution is 2.28. The first-order chi connectivity index (χ1) is 11.8. The fourth-order valence-electron chi connectivity index (χ4n) is 2.75. The van der Waals surface area contributed by atoms with Crippen LogP contribution in [0.15, 0.2) is 18.2 Å². The zero-order chi connectivity index (χ0) is 17.0. The Morgan fingerprint density at radius 1 is 1.12 bits per heavy atom. The summed E-state index contributed by atoms with van der Waals surface area (Å²) in [6.07, 6.45) is 2.16. The molecule has 1 aromatic rings. The third-order valence-electron chi connectivity index (χ3n) is 4.03. The highest BCUT2D eigenvalue weighted by atomic mass is 35.5. The van der Waals surface area contributed by atoms with E-state index in [1.807, 2.05) is 13.0 Å². The number of hydrogen-bond acceptors (Lipinski definition) is 5. The van der Waals surface area contributed by atoms with Gasteiger partial charge in [-0.05, 0) is 50.6 Å². The van der Waals surface area contributed by atoms with E-state index in [-0.39, 0.29) is 12.4 Å². The Kier molecular flexibility index (Phi) is 11.7. The lowest BCUT2D eigenvalue weighted by atomic mass is 10.2. The lowest BCUT2D eigenvalue weighted by Gasteiger charge is -2.26. The van der Waals surface area contributed by atoms with Crippen LogP contribution in [-0.2, 0) is 11.3 Å². The van der Waals surface area contributed by atoms with Crippen LogP contribution in [0.4, 0.5) is 0 Å². The maximum atomic E-state index is 5.74. The Bertz CT molecular complexity index is 468. The molecule has 0 unspecified atom stereocenters. The van der Waals surface area contributed by atoms with Crippen LogP contribution in [0.5, 0.6) is 11.5 Å². The molecule has 1 heterocycles. The van der Waals surface area contributed by atoms with Crippen LogP contribution in [0.3, 0.4) is 0 Å². The second-order valence-corrected chi connectivity index (χ2v) is 6.05. The average molecular weight is 373 g/mol. The van der Waals surface area contributed by atoms with Crippen molar-refractivity contribution in [1.82, 2.24) is 10.2 Å². The molecule has 0 atom stereocenters. The highest BCUT2D eigenvalue weighted by Gasteiger charge is 2.09. The van der Waals surface area contributed by atoms with Crippen molar-refractivity contribution in [3.63, 3.8) is 0 Å². The smallest absolute Gasteiger partial charge is 0.161 e. The second kappa shape index (κ2) is 13.2. The molecule has 0 radical (unpaired) electrons. The number of rotatable bonds is 11. The number of ether oxygens (including phenoxy) is 3. The zero-order valence-corrected chi connectivity index (χ0v) is 16.4. The summed E-state index contributed by atoms with van der Waals surface area (Å²) in [7, 11) is 0. The average Bonchev–Trinajstić information content (AvgIpc) is 2.62. The van der Waals surface area contributed by atoms with Gasteiger partial charge in [-0.3, -0.25) is 4.90 Å². The normalized spacial score (nSPS) is 14.8. The molecule has 1 aliphatic rings. The summed E-state index contributed by atoms with van der Waals surface area (Å²) < 4.78 is 16.8. The monoisotopic (exact) mass is 372 g/mol. The summed E-state index contributed by atoms with van der Waals surface area (Å²) in [5, 5.41) is 3.52. The molecular formula is C19H33ClN2O3. The standard InChI is InChI=1S/C19H32N2O3.ClH/c1-3-12-24-18-7-6-17(15-19(18)23-4-2)16-20-8-5-9-21-10-13-22-14-11-21;/h6-7,15,20H,3-5,8-14,16H2,1-2H3;1H. The minimum atomic E-state index is 0. The molecule has 1 saturated heterocycles. The molecule has 6 heteroatoms. The van der Waals surface area contributed by atoms with Gasteiger partial charge in [0.2, 0.25) is 0 Å². The van der Waals surface area contributed by atoms with Gasteiger partial charge in [0.15, 0.2) is 11.5 Å². The zero-order valence-electron chi connectivity index (χ0n) is 15.6. The molecule has 0 saturated carbocycles. The predicted octanol–water partition coefficient (Wildman–Crippen LogP) is 3.11. The van der Waals surface area contributed by atoms with Crippen LogP contribution < -0.4 is 14.8 Å². The fraction of sp³-hybridized carbons (Fsp3) is 0.684. The van der Waals surface area contributed by atoms with E-state index in [4.69, 9.17) is 14.2 Å². The molecule has 1 aliphatic heterocycles. The Morgan fingerprint density at radius 2 is 1.92 bits per heavy atom. The van der Waals surface area contributed by atoms with Crippen molar-refractivity contribution in [3.8, 4) is 11.5 Å². The summed E-state index contributed by atoms with van der Waals surface area (Å²) in [6, 6.07) is 6.22. The van der Waals surface area contributed by atoms with E-state index in [1.54, 1.807) is 0 Å². The van der Waals surface area contributed by atoms with Gasteiger partial charge in [-0.1, -0.05) is 13.0 Å². The van der Waals surface area contributed by atoms with Gasteiger partial charge in [-0.15, -0.1) is 12.4 Å². The first kappa shape index (κ1) is 22.0. The second-order valence-electron chi connectivity index (χ2n) is 6.05. The van der Waals surface area contributed by atoms with Crippen molar-refractivity contribution in [2.24, 2.45) is 0 Å². The van der Waals surface area contributed by atoms with E-state index < -0.39 is 0 Å². The molecular weight excluding hydrogens is 340 g/mol. The van der Waals surface area contributed by atoms with E-state index in [0.717, 1.165) is 76.9 Å². The van der Waals surface area contributed by atoms with Gasteiger partial charge >= 0.3 is 0 Å². The number of nitrogens with one attached hydrogen (secondary N) is 1. The molecule has 0 bridgehead atoms. The molecule has 144 valence electrons. The van der Waals surface area contributed by atoms with Crippen LogP contribution in [0.25, 0.3) is 0 Å². The Morgan fingerprint density at radius 3 is 2.64 bits per heavy atom. The largest absolute Gasteiger partial charge is 0.490 e. The molecule has 0 spiro atoms. The third-order valence-corrected chi connectivity index (χ3v) is 4.03. The molecule has 0 aliphatic carbocycles. The molecule has 5 nitrogen and oxygen atoms in total. The SMILES string of the molecule is CCCOc1ccc(CNCCCN2CCOCC2)cc1OCC.Cl. The molecule has 1 N–H and O–H groups in total. The maximum Gasteiger partial charge on any atom is 0.161 e. The van der Waals surface area contributed by atoms with Gasteiger partial charge in [-0.2, -0.15) is 0 Å². The summed E-state index contributed by atoms with van der Waals surface area (Å²) in [6.45, 7) is 12.4. The van der Waals surface area contributed by atoms with Crippen molar-refractivity contribution in [1.29, 1.82) is 0 Å². The van der Waals surface area contributed by atoms with Gasteiger partial charge in [0.25, 0.3) is 0 Å². The highest BCUT2D eigenvalue weighted by molar-refractivity contribution is 5.85. The first-order valence-electron chi connectivity index (χ1n) is 9.22. The molecule has 0 amide bonds. The Hall–Kier alpha value is -1.01. The number of benzene rings is 1. The van der Waals surface area contributed by atoms with Gasteiger partial charge in [0, 0.05) is 19.6 Å². The van der Waals surface area contributed by atoms with Crippen molar-refractivity contribution in [2.45, 2.75) is 33.2 Å². The number of halogens is 1. The van der Waals surface area contributed by atoms with E-state index in [1.165, 1.54) is 5.56 Å². The van der Waals surface area contributed by atoms with Gasteiger partial charge < -0.3 is 19.5 Å². The van der Waals surface area contributed by atoms with E-state index >= 15 is 0 Å². The fourth-order valence-corrected chi connectivity index (χ4v) is 2.75. The Labute approximate surface area is 158 Å². The lowest BCUT2D eigenvalue weighted by molar-refractivity contribution is 0.0374. The summed E-state index contributed by atoms with van der Waals surface area (Å²) in [4.78, 5) is 2.47. The number of nitrogens with zero attached hydrogens (tertiary/aromatic N) is 1. The minimum absolute atomic E-state index is 0. The van der Waals surface area contributed by atoms with Crippen molar-refractivity contribution in [3.05, 3.63) is 23.8 Å². The number of hydrogen-bond donors (Lipinski definition) is 1. The van der Waals surface area contributed by atoms with Crippen LogP contribution in [-0.4, -0.2) is 57.5 Å². The van der Waals surface area contributed by atoms with Crippen LogP contribution >= 0.6 is 12.4 Å². The summed E-state index contributed by atoms with van der Waals surface area (Å²) in [5.41, 5.74) is 1.23. The van der Waals surface area contributed by atoms with Crippen molar-refractivity contribution in [2.75, 3.05) is 52.6 Å². The molecule has 25 heavy (non-hydrogen) atoms. The minimum Gasteiger partial charge on any atom is -0.490 e. The van der Waals surface area contributed by atoms with Crippen LogP contribution in [0.1, 0.15) is 32.3 Å². The first-order valence-corrected chi connectivity index (χ1v) is 9.22. The van der Waals surface area contributed by atoms with Crippen LogP contribution in [0.2, 0.25) is 0 Å². The van der Waals surface area contributed by atoms with Crippen molar-refractivity contribution >= 4 is 12.4 Å². The summed E-state index contributed by atoms with van der Waals surface area (Å²) >= 11 is 0. The quantitative estimate of drug-likeness (QED) is 0.604. The topological polar surface area (TPSA) is 43.0 Å². The molecule has 1 aromatic carbocycles.